The van der Waals surface area contributed by atoms with Gasteiger partial charge in [0.2, 0.25) is 5.91 Å². The molecule has 2 aliphatic rings. The number of nitrogens with one attached hydrogen (secondary N) is 1. The van der Waals surface area contributed by atoms with Gasteiger partial charge in [-0.2, -0.15) is 0 Å². The lowest BCUT2D eigenvalue weighted by Gasteiger charge is -2.20. The van der Waals surface area contributed by atoms with Gasteiger partial charge >= 0.3 is 0 Å². The van der Waals surface area contributed by atoms with Crippen LogP contribution in [0.4, 0.5) is 0 Å². The fraction of sp³-hybridized carbons (Fsp3) is 0.750. The molecule has 1 atom stereocenters. The van der Waals surface area contributed by atoms with Gasteiger partial charge in [0.05, 0.1) is 6.04 Å². The summed E-state index contributed by atoms with van der Waals surface area (Å²) in [6.45, 7) is 6.36. The molecule has 0 aromatic rings. The van der Waals surface area contributed by atoms with Crippen molar-refractivity contribution in [1.29, 1.82) is 0 Å². The van der Waals surface area contributed by atoms with Crippen LogP contribution in [0.5, 0.6) is 0 Å². The van der Waals surface area contributed by atoms with Gasteiger partial charge in [-0.1, -0.05) is 13.8 Å². The van der Waals surface area contributed by atoms with E-state index in [0.717, 1.165) is 44.5 Å². The van der Waals surface area contributed by atoms with Gasteiger partial charge in [0.15, 0.2) is 0 Å². The molecule has 0 bridgehead atoms. The summed E-state index contributed by atoms with van der Waals surface area (Å²) in [5, 5.41) is 3.10. The first-order valence-electron chi connectivity index (χ1n) is 6.02. The minimum absolute atomic E-state index is 0.135. The Morgan fingerprint density at radius 3 is 2.87 bits per heavy atom. The predicted octanol–water partition coefficient (Wildman–Crippen LogP) is 1.65. The van der Waals surface area contributed by atoms with Crippen LogP contribution >= 0.6 is 0 Å². The molecule has 0 unspecified atom stereocenters. The van der Waals surface area contributed by atoms with Gasteiger partial charge in [-0.3, -0.25) is 9.69 Å². The molecule has 0 aromatic heterocycles. The van der Waals surface area contributed by atoms with Crippen LogP contribution in [-0.4, -0.2) is 29.9 Å². The first-order valence-corrected chi connectivity index (χ1v) is 6.02. The van der Waals surface area contributed by atoms with Crippen LogP contribution in [0.25, 0.3) is 0 Å². The van der Waals surface area contributed by atoms with E-state index in [-0.39, 0.29) is 11.9 Å². The summed E-state index contributed by atoms with van der Waals surface area (Å²) >= 11 is 0. The maximum Gasteiger partial charge on any atom is 0.241 e. The third-order valence-corrected chi connectivity index (χ3v) is 3.54. The lowest BCUT2D eigenvalue weighted by molar-refractivity contribution is -0.124. The second-order valence-corrected chi connectivity index (χ2v) is 4.41. The molecule has 0 saturated carbocycles. The fourth-order valence-electron chi connectivity index (χ4n) is 2.64. The molecule has 0 aliphatic carbocycles. The topological polar surface area (TPSA) is 32.3 Å². The Bertz CT molecular complexity index is 296. The van der Waals surface area contributed by atoms with Crippen LogP contribution < -0.4 is 5.32 Å². The molecule has 1 amide bonds. The van der Waals surface area contributed by atoms with Crippen molar-refractivity contribution >= 4 is 5.91 Å². The van der Waals surface area contributed by atoms with Crippen molar-refractivity contribution in [2.75, 3.05) is 13.1 Å². The van der Waals surface area contributed by atoms with E-state index >= 15 is 0 Å². The summed E-state index contributed by atoms with van der Waals surface area (Å²) in [7, 11) is 0. The van der Waals surface area contributed by atoms with Gasteiger partial charge in [-0.05, 0) is 37.8 Å². The molecule has 84 valence electrons. The number of amides is 1. The van der Waals surface area contributed by atoms with Gasteiger partial charge in [-0.15, -0.1) is 0 Å². The van der Waals surface area contributed by atoms with Gasteiger partial charge in [0.1, 0.15) is 0 Å². The summed E-state index contributed by atoms with van der Waals surface area (Å²) in [5.41, 5.74) is 2.58. The second-order valence-electron chi connectivity index (χ2n) is 4.41. The molecule has 1 N–H and O–H groups in total. The summed E-state index contributed by atoms with van der Waals surface area (Å²) in [4.78, 5) is 14.3. The molecule has 3 nitrogen and oxygen atoms in total. The van der Waals surface area contributed by atoms with Crippen molar-refractivity contribution < 1.29 is 4.79 Å². The van der Waals surface area contributed by atoms with Crippen molar-refractivity contribution in [2.24, 2.45) is 0 Å². The normalized spacial score (nSPS) is 27.6. The molecule has 2 heterocycles. The number of rotatable bonds is 2. The van der Waals surface area contributed by atoms with E-state index in [4.69, 9.17) is 0 Å². The van der Waals surface area contributed by atoms with E-state index in [2.05, 4.69) is 24.1 Å². The van der Waals surface area contributed by atoms with Crippen LogP contribution in [-0.2, 0) is 4.79 Å². The van der Waals surface area contributed by atoms with Crippen LogP contribution in [0.3, 0.4) is 0 Å². The number of hydrogen-bond acceptors (Lipinski definition) is 2. The Labute approximate surface area is 91.5 Å². The highest BCUT2D eigenvalue weighted by molar-refractivity contribution is 5.84. The maximum absolute atomic E-state index is 11.9. The Morgan fingerprint density at radius 1 is 1.40 bits per heavy atom. The largest absolute Gasteiger partial charge is 0.328 e. The first-order chi connectivity index (χ1) is 7.26. The summed E-state index contributed by atoms with van der Waals surface area (Å²) in [6, 6.07) is 0.135. The lowest BCUT2D eigenvalue weighted by Crippen LogP contribution is -2.40. The standard InChI is InChI=1S/C12H20N2O/c1-3-9-8-14-7-5-6-11(14)12(15)13-10(9)4-2/h11H,3-8H2,1-2H3,(H,13,15)/t11-/m0/s1. The summed E-state index contributed by atoms with van der Waals surface area (Å²) in [5.74, 6) is 0.216. The molecular formula is C12H20N2O. The van der Waals surface area contributed by atoms with Crippen molar-refractivity contribution in [3.63, 3.8) is 0 Å². The highest BCUT2D eigenvalue weighted by Gasteiger charge is 2.33. The monoisotopic (exact) mass is 208 g/mol. The van der Waals surface area contributed by atoms with E-state index in [9.17, 15) is 4.79 Å². The number of carbonyl (C=O) groups is 1. The molecule has 15 heavy (non-hydrogen) atoms. The Hall–Kier alpha value is -0.830. The predicted molar refractivity (Wildman–Crippen MR) is 60.3 cm³/mol. The number of fused-ring (bicyclic) bond motifs is 1. The number of hydrogen-bond donors (Lipinski definition) is 1. The molecule has 1 fully saturated rings. The molecule has 0 aromatic carbocycles. The Morgan fingerprint density at radius 2 is 2.20 bits per heavy atom. The molecule has 1 saturated heterocycles. The van der Waals surface area contributed by atoms with Gasteiger partial charge in [0.25, 0.3) is 0 Å². The Kier molecular flexibility index (Phi) is 3.10. The third-order valence-electron chi connectivity index (χ3n) is 3.54. The average Bonchev–Trinajstić information content (AvgIpc) is 2.66. The van der Waals surface area contributed by atoms with Gasteiger partial charge in [-0.25, -0.2) is 0 Å². The Balaban J connectivity index is 2.24. The summed E-state index contributed by atoms with van der Waals surface area (Å²) < 4.78 is 0. The molecule has 0 radical (unpaired) electrons. The van der Waals surface area contributed by atoms with Crippen LogP contribution in [0.1, 0.15) is 39.5 Å². The SMILES string of the molecule is CCC1=C(CC)NC(=O)[C@@H]2CCCN2C1. The van der Waals surface area contributed by atoms with Crippen molar-refractivity contribution in [3.05, 3.63) is 11.3 Å². The van der Waals surface area contributed by atoms with Crippen molar-refractivity contribution in [1.82, 2.24) is 10.2 Å². The van der Waals surface area contributed by atoms with Crippen LogP contribution in [0.15, 0.2) is 11.3 Å². The molecule has 3 heteroatoms. The van der Waals surface area contributed by atoms with E-state index in [1.165, 1.54) is 5.57 Å². The molecule has 2 aliphatic heterocycles. The van der Waals surface area contributed by atoms with Crippen molar-refractivity contribution in [3.8, 4) is 0 Å². The summed E-state index contributed by atoms with van der Waals surface area (Å²) in [6.07, 6.45) is 4.18. The van der Waals surface area contributed by atoms with Crippen molar-refractivity contribution in [2.45, 2.75) is 45.6 Å². The van der Waals surface area contributed by atoms with Crippen LogP contribution in [0, 0.1) is 0 Å². The fourth-order valence-corrected chi connectivity index (χ4v) is 2.64. The number of allylic oxidation sites excluding steroid dienone is 1. The van der Waals surface area contributed by atoms with E-state index in [0.29, 0.717) is 0 Å². The third kappa shape index (κ3) is 1.93. The molecule has 2 rings (SSSR count). The highest BCUT2D eigenvalue weighted by Crippen LogP contribution is 2.24. The minimum Gasteiger partial charge on any atom is -0.328 e. The first kappa shape index (κ1) is 10.7. The zero-order valence-corrected chi connectivity index (χ0v) is 9.68. The highest BCUT2D eigenvalue weighted by atomic mass is 16.2. The van der Waals surface area contributed by atoms with Gasteiger partial charge < -0.3 is 5.32 Å². The average molecular weight is 208 g/mol. The molecular weight excluding hydrogens is 188 g/mol. The van der Waals surface area contributed by atoms with E-state index < -0.39 is 0 Å². The quantitative estimate of drug-likeness (QED) is 0.748. The second kappa shape index (κ2) is 4.35. The van der Waals surface area contributed by atoms with E-state index in [1.54, 1.807) is 0 Å². The zero-order valence-electron chi connectivity index (χ0n) is 9.68. The van der Waals surface area contributed by atoms with E-state index in [1.807, 2.05) is 0 Å². The zero-order chi connectivity index (χ0) is 10.8. The number of carbonyl (C=O) groups excluding carboxylic acids is 1. The lowest BCUT2D eigenvalue weighted by atomic mass is 10.1. The minimum atomic E-state index is 0.135. The maximum atomic E-state index is 11.9. The number of nitrogens with zero attached hydrogens (tertiary/aromatic N) is 1. The molecule has 0 spiro atoms. The van der Waals surface area contributed by atoms with Gasteiger partial charge in [0, 0.05) is 12.2 Å². The van der Waals surface area contributed by atoms with Crippen LogP contribution in [0.2, 0.25) is 0 Å². The smallest absolute Gasteiger partial charge is 0.241 e.